The van der Waals surface area contributed by atoms with Gasteiger partial charge in [0.2, 0.25) is 0 Å². The SMILES string of the molecule is OC(COC(c1ccccc1)c1ccccc1)CN1CCOC(c2cccc(Br)c2)C1. The van der Waals surface area contributed by atoms with Crippen LogP contribution in [-0.2, 0) is 9.47 Å². The maximum atomic E-state index is 10.7. The van der Waals surface area contributed by atoms with Crippen molar-refractivity contribution in [3.63, 3.8) is 0 Å². The van der Waals surface area contributed by atoms with Crippen molar-refractivity contribution >= 4 is 15.9 Å². The number of morpholine rings is 1. The number of rotatable bonds is 8. The molecule has 1 aliphatic heterocycles. The third-order valence-corrected chi connectivity index (χ3v) is 5.99. The number of halogens is 1. The van der Waals surface area contributed by atoms with E-state index in [2.05, 4.69) is 57.2 Å². The Kier molecular flexibility index (Phi) is 7.89. The summed E-state index contributed by atoms with van der Waals surface area (Å²) in [7, 11) is 0. The first-order valence-corrected chi connectivity index (χ1v) is 11.5. The highest BCUT2D eigenvalue weighted by molar-refractivity contribution is 9.10. The lowest BCUT2D eigenvalue weighted by atomic mass is 10.0. The quantitative estimate of drug-likeness (QED) is 0.492. The van der Waals surface area contributed by atoms with Gasteiger partial charge in [-0.05, 0) is 28.8 Å². The molecule has 0 radical (unpaired) electrons. The first-order valence-electron chi connectivity index (χ1n) is 10.7. The largest absolute Gasteiger partial charge is 0.389 e. The van der Waals surface area contributed by atoms with Crippen molar-refractivity contribution < 1.29 is 14.6 Å². The maximum absolute atomic E-state index is 10.7. The molecule has 4 nitrogen and oxygen atoms in total. The third-order valence-electron chi connectivity index (χ3n) is 5.50. The van der Waals surface area contributed by atoms with Gasteiger partial charge in [0, 0.05) is 24.1 Å². The molecule has 0 aliphatic carbocycles. The summed E-state index contributed by atoms with van der Waals surface area (Å²) in [5.41, 5.74) is 3.32. The van der Waals surface area contributed by atoms with Crippen molar-refractivity contribution in [3.8, 4) is 0 Å². The molecule has 1 fully saturated rings. The number of ether oxygens (including phenoxy) is 2. The second-order valence-corrected chi connectivity index (χ2v) is 8.78. The Balaban J connectivity index is 1.35. The normalized spacial score (nSPS) is 18.2. The Bertz CT molecular complexity index is 898. The lowest BCUT2D eigenvalue weighted by molar-refractivity contribution is -0.0574. The van der Waals surface area contributed by atoms with Crippen LogP contribution >= 0.6 is 15.9 Å². The lowest BCUT2D eigenvalue weighted by Gasteiger charge is -2.34. The predicted octanol–water partition coefficient (Wildman–Crippen LogP) is 4.99. The molecule has 0 aromatic heterocycles. The minimum Gasteiger partial charge on any atom is -0.389 e. The average Bonchev–Trinajstić information content (AvgIpc) is 2.81. The summed E-state index contributed by atoms with van der Waals surface area (Å²) >= 11 is 3.53. The molecule has 3 aromatic carbocycles. The van der Waals surface area contributed by atoms with E-state index in [1.54, 1.807) is 0 Å². The molecule has 0 amide bonds. The zero-order valence-electron chi connectivity index (χ0n) is 17.4. The highest BCUT2D eigenvalue weighted by Crippen LogP contribution is 2.27. The minimum absolute atomic E-state index is 0.0146. The van der Waals surface area contributed by atoms with Crippen LogP contribution in [0.4, 0.5) is 0 Å². The number of hydrogen-bond acceptors (Lipinski definition) is 4. The summed E-state index contributed by atoms with van der Waals surface area (Å²) in [6.07, 6.45) is -0.756. The first-order chi connectivity index (χ1) is 15.2. The van der Waals surface area contributed by atoms with E-state index in [1.807, 2.05) is 48.5 Å². The van der Waals surface area contributed by atoms with Crippen LogP contribution < -0.4 is 0 Å². The van der Waals surface area contributed by atoms with Crippen molar-refractivity contribution in [2.75, 3.05) is 32.8 Å². The summed E-state index contributed by atoms with van der Waals surface area (Å²) in [5, 5.41) is 10.7. The molecular weight excluding hydrogens is 454 g/mol. The van der Waals surface area contributed by atoms with E-state index in [-0.39, 0.29) is 18.8 Å². The van der Waals surface area contributed by atoms with Crippen LogP contribution in [0.3, 0.4) is 0 Å². The van der Waals surface area contributed by atoms with Gasteiger partial charge in [0.15, 0.2) is 0 Å². The molecule has 162 valence electrons. The Morgan fingerprint density at radius 2 is 1.65 bits per heavy atom. The Labute approximate surface area is 192 Å². The van der Waals surface area contributed by atoms with Crippen LogP contribution in [0.15, 0.2) is 89.4 Å². The van der Waals surface area contributed by atoms with Gasteiger partial charge in [0.25, 0.3) is 0 Å². The van der Waals surface area contributed by atoms with Crippen molar-refractivity contribution in [2.45, 2.75) is 18.3 Å². The molecule has 2 unspecified atom stereocenters. The molecule has 0 bridgehead atoms. The molecule has 5 heteroatoms. The molecular formula is C26H28BrNO3. The molecule has 31 heavy (non-hydrogen) atoms. The lowest BCUT2D eigenvalue weighted by Crippen LogP contribution is -2.43. The van der Waals surface area contributed by atoms with E-state index in [1.165, 1.54) is 0 Å². The van der Waals surface area contributed by atoms with Gasteiger partial charge in [-0.1, -0.05) is 88.7 Å². The van der Waals surface area contributed by atoms with E-state index in [4.69, 9.17) is 9.47 Å². The van der Waals surface area contributed by atoms with E-state index >= 15 is 0 Å². The van der Waals surface area contributed by atoms with Crippen LogP contribution in [0.5, 0.6) is 0 Å². The molecule has 1 saturated heterocycles. The highest BCUT2D eigenvalue weighted by Gasteiger charge is 2.24. The van der Waals surface area contributed by atoms with Gasteiger partial charge < -0.3 is 14.6 Å². The number of aliphatic hydroxyl groups excluding tert-OH is 1. The topological polar surface area (TPSA) is 41.9 Å². The van der Waals surface area contributed by atoms with Gasteiger partial charge in [-0.2, -0.15) is 0 Å². The van der Waals surface area contributed by atoms with Crippen molar-refractivity contribution in [1.82, 2.24) is 4.90 Å². The maximum Gasteiger partial charge on any atom is 0.108 e. The molecule has 4 rings (SSSR count). The summed E-state index contributed by atoms with van der Waals surface area (Å²) in [6.45, 7) is 3.05. The zero-order valence-corrected chi connectivity index (χ0v) is 19.0. The molecule has 1 aliphatic rings. The monoisotopic (exact) mass is 481 g/mol. The van der Waals surface area contributed by atoms with Crippen LogP contribution in [-0.4, -0.2) is 49.0 Å². The minimum atomic E-state index is -0.573. The fourth-order valence-electron chi connectivity index (χ4n) is 3.98. The number of aliphatic hydroxyl groups is 1. The second kappa shape index (κ2) is 11.0. The second-order valence-electron chi connectivity index (χ2n) is 7.86. The van der Waals surface area contributed by atoms with Crippen LogP contribution in [0.2, 0.25) is 0 Å². The molecule has 1 heterocycles. The smallest absolute Gasteiger partial charge is 0.108 e. The van der Waals surface area contributed by atoms with E-state index in [0.29, 0.717) is 13.2 Å². The van der Waals surface area contributed by atoms with Crippen molar-refractivity contribution in [2.24, 2.45) is 0 Å². The van der Waals surface area contributed by atoms with Gasteiger partial charge in [0.1, 0.15) is 6.10 Å². The molecule has 0 spiro atoms. The van der Waals surface area contributed by atoms with Gasteiger partial charge in [-0.3, -0.25) is 4.90 Å². The fraction of sp³-hybridized carbons (Fsp3) is 0.308. The van der Waals surface area contributed by atoms with Crippen LogP contribution in [0, 0.1) is 0 Å². The number of nitrogens with zero attached hydrogens (tertiary/aromatic N) is 1. The summed E-state index contributed by atoms with van der Waals surface area (Å²) in [5.74, 6) is 0. The first kappa shape index (κ1) is 22.2. The van der Waals surface area contributed by atoms with Crippen molar-refractivity contribution in [3.05, 3.63) is 106 Å². The molecule has 2 atom stereocenters. The van der Waals surface area contributed by atoms with E-state index in [9.17, 15) is 5.11 Å². The zero-order chi connectivity index (χ0) is 21.5. The van der Waals surface area contributed by atoms with Gasteiger partial charge in [-0.25, -0.2) is 0 Å². The Morgan fingerprint density at radius 3 is 2.29 bits per heavy atom. The molecule has 0 saturated carbocycles. The standard InChI is InChI=1S/C26H28BrNO3/c27-23-13-7-12-22(16-23)25-18-28(14-15-30-25)17-24(29)19-31-26(20-8-3-1-4-9-20)21-10-5-2-6-11-21/h1-13,16,24-26,29H,14-15,17-19H2. The molecule has 3 aromatic rings. The number of β-amino-alcohol motifs (C(OH)–C–C–N with tert-alkyl or cyclic N) is 1. The average molecular weight is 482 g/mol. The van der Waals surface area contributed by atoms with Gasteiger partial charge in [-0.15, -0.1) is 0 Å². The predicted molar refractivity (Wildman–Crippen MR) is 126 cm³/mol. The Morgan fingerprint density at radius 1 is 0.968 bits per heavy atom. The summed E-state index contributed by atoms with van der Waals surface area (Å²) in [4.78, 5) is 2.25. The van der Waals surface area contributed by atoms with E-state index in [0.717, 1.165) is 34.3 Å². The third kappa shape index (κ3) is 6.25. The van der Waals surface area contributed by atoms with Gasteiger partial charge >= 0.3 is 0 Å². The highest BCUT2D eigenvalue weighted by atomic mass is 79.9. The van der Waals surface area contributed by atoms with Crippen molar-refractivity contribution in [1.29, 1.82) is 0 Å². The van der Waals surface area contributed by atoms with Gasteiger partial charge in [0.05, 0.1) is 25.4 Å². The Hall–Kier alpha value is -2.02. The number of benzene rings is 3. The summed E-state index contributed by atoms with van der Waals surface area (Å²) in [6, 6.07) is 28.5. The fourth-order valence-corrected chi connectivity index (χ4v) is 4.39. The van der Waals surface area contributed by atoms with E-state index < -0.39 is 6.10 Å². The summed E-state index contributed by atoms with van der Waals surface area (Å²) < 4.78 is 13.2. The van der Waals surface area contributed by atoms with Crippen LogP contribution in [0.1, 0.15) is 28.9 Å². The number of hydrogen-bond donors (Lipinski definition) is 1. The molecule has 1 N–H and O–H groups in total. The van der Waals surface area contributed by atoms with Crippen LogP contribution in [0.25, 0.3) is 0 Å².